The van der Waals surface area contributed by atoms with Gasteiger partial charge in [0.15, 0.2) is 0 Å². The maximum Gasteiger partial charge on any atom is 0.328 e. The van der Waals surface area contributed by atoms with Crippen molar-refractivity contribution < 1.29 is 9.90 Å². The van der Waals surface area contributed by atoms with Crippen molar-refractivity contribution in [3.05, 3.63) is 35.4 Å². The van der Waals surface area contributed by atoms with E-state index in [-0.39, 0.29) is 0 Å². The van der Waals surface area contributed by atoms with Crippen LogP contribution in [-0.2, 0) is 10.3 Å². The summed E-state index contributed by atoms with van der Waals surface area (Å²) >= 11 is 0. The van der Waals surface area contributed by atoms with E-state index in [9.17, 15) is 9.90 Å². The molecule has 0 amide bonds. The quantitative estimate of drug-likeness (QED) is 0.815. The Morgan fingerprint density at radius 3 is 2.56 bits per heavy atom. The minimum Gasteiger partial charge on any atom is -0.480 e. The standard InChI is InChI=1S/C15H23NO2/c1-5-11(2)10-16-15(4,14(17)18)13-9-7-6-8-12(13)3/h6-9,11,16H,5,10H2,1-4H3,(H,17,18). The first-order valence-electron chi connectivity index (χ1n) is 6.46. The van der Waals surface area contributed by atoms with Crippen LogP contribution in [-0.4, -0.2) is 17.6 Å². The number of hydrogen-bond acceptors (Lipinski definition) is 2. The first-order chi connectivity index (χ1) is 8.41. The fraction of sp³-hybridized carbons (Fsp3) is 0.533. The summed E-state index contributed by atoms with van der Waals surface area (Å²) in [5, 5.41) is 12.7. The molecule has 0 saturated carbocycles. The molecular weight excluding hydrogens is 226 g/mol. The molecule has 2 unspecified atom stereocenters. The van der Waals surface area contributed by atoms with Crippen molar-refractivity contribution in [3.8, 4) is 0 Å². The predicted molar refractivity (Wildman–Crippen MR) is 73.6 cm³/mol. The third-order valence-electron chi connectivity index (χ3n) is 3.61. The molecule has 18 heavy (non-hydrogen) atoms. The molecule has 0 heterocycles. The number of nitrogens with one attached hydrogen (secondary N) is 1. The van der Waals surface area contributed by atoms with E-state index in [0.717, 1.165) is 17.5 Å². The van der Waals surface area contributed by atoms with Crippen LogP contribution >= 0.6 is 0 Å². The van der Waals surface area contributed by atoms with E-state index in [0.29, 0.717) is 12.5 Å². The fourth-order valence-electron chi connectivity index (χ4n) is 1.94. The van der Waals surface area contributed by atoms with Gasteiger partial charge in [-0.1, -0.05) is 44.5 Å². The van der Waals surface area contributed by atoms with E-state index in [4.69, 9.17) is 0 Å². The van der Waals surface area contributed by atoms with E-state index in [2.05, 4.69) is 19.2 Å². The molecule has 0 radical (unpaired) electrons. The maximum absolute atomic E-state index is 11.6. The normalized spacial score (nSPS) is 16.0. The van der Waals surface area contributed by atoms with E-state index in [1.165, 1.54) is 0 Å². The van der Waals surface area contributed by atoms with Crippen LogP contribution in [0.3, 0.4) is 0 Å². The van der Waals surface area contributed by atoms with Crippen LogP contribution in [0.5, 0.6) is 0 Å². The molecule has 0 aliphatic carbocycles. The number of rotatable bonds is 6. The Morgan fingerprint density at radius 1 is 1.44 bits per heavy atom. The maximum atomic E-state index is 11.6. The zero-order chi connectivity index (χ0) is 13.8. The number of benzene rings is 1. The van der Waals surface area contributed by atoms with Gasteiger partial charge in [0.05, 0.1) is 0 Å². The number of hydrogen-bond donors (Lipinski definition) is 2. The number of carboxylic acid groups (broad SMARTS) is 1. The average Bonchev–Trinajstić information content (AvgIpc) is 2.35. The van der Waals surface area contributed by atoms with Crippen molar-refractivity contribution in [1.82, 2.24) is 5.32 Å². The van der Waals surface area contributed by atoms with Gasteiger partial charge in [-0.3, -0.25) is 5.32 Å². The first kappa shape index (κ1) is 14.7. The predicted octanol–water partition coefficient (Wildman–Crippen LogP) is 2.93. The Hall–Kier alpha value is -1.35. The zero-order valence-corrected chi connectivity index (χ0v) is 11.7. The second-order valence-electron chi connectivity index (χ2n) is 5.14. The zero-order valence-electron chi connectivity index (χ0n) is 11.7. The monoisotopic (exact) mass is 249 g/mol. The Balaban J connectivity index is 3.01. The highest BCUT2D eigenvalue weighted by atomic mass is 16.4. The molecule has 1 aromatic rings. The Morgan fingerprint density at radius 2 is 2.06 bits per heavy atom. The molecule has 3 heteroatoms. The molecule has 0 fully saturated rings. The van der Waals surface area contributed by atoms with Gasteiger partial charge in [-0.25, -0.2) is 4.79 Å². The fourth-order valence-corrected chi connectivity index (χ4v) is 1.94. The lowest BCUT2D eigenvalue weighted by atomic mass is 9.88. The van der Waals surface area contributed by atoms with Crippen molar-refractivity contribution in [2.45, 2.75) is 39.7 Å². The lowest BCUT2D eigenvalue weighted by Crippen LogP contribution is -2.48. The van der Waals surface area contributed by atoms with Crippen LogP contribution in [0, 0.1) is 12.8 Å². The number of aryl methyl sites for hydroxylation is 1. The van der Waals surface area contributed by atoms with Crippen LogP contribution in [0.4, 0.5) is 0 Å². The van der Waals surface area contributed by atoms with E-state index in [1.54, 1.807) is 6.92 Å². The number of carbonyl (C=O) groups is 1. The molecule has 2 atom stereocenters. The Kier molecular flexibility index (Phi) is 4.91. The Bertz CT molecular complexity index is 417. The van der Waals surface area contributed by atoms with Crippen molar-refractivity contribution in [2.24, 2.45) is 5.92 Å². The van der Waals surface area contributed by atoms with Gasteiger partial charge in [0.25, 0.3) is 0 Å². The van der Waals surface area contributed by atoms with Gasteiger partial charge in [0.1, 0.15) is 5.54 Å². The molecule has 0 bridgehead atoms. The molecule has 0 aliphatic rings. The SMILES string of the molecule is CCC(C)CNC(C)(C(=O)O)c1ccccc1C. The molecule has 0 aliphatic heterocycles. The van der Waals surface area contributed by atoms with Crippen LogP contribution in [0.2, 0.25) is 0 Å². The highest BCUT2D eigenvalue weighted by molar-refractivity contribution is 5.80. The van der Waals surface area contributed by atoms with Gasteiger partial charge >= 0.3 is 5.97 Å². The highest BCUT2D eigenvalue weighted by Crippen LogP contribution is 2.24. The van der Waals surface area contributed by atoms with Crippen LogP contribution in [0.1, 0.15) is 38.3 Å². The molecule has 1 aromatic carbocycles. The number of carboxylic acids is 1. The summed E-state index contributed by atoms with van der Waals surface area (Å²) in [6, 6.07) is 7.64. The van der Waals surface area contributed by atoms with Gasteiger partial charge in [0, 0.05) is 0 Å². The smallest absolute Gasteiger partial charge is 0.328 e. The summed E-state index contributed by atoms with van der Waals surface area (Å²) in [5.74, 6) is -0.368. The topological polar surface area (TPSA) is 49.3 Å². The molecule has 100 valence electrons. The number of aliphatic carboxylic acids is 1. The molecule has 2 N–H and O–H groups in total. The second-order valence-corrected chi connectivity index (χ2v) is 5.14. The van der Waals surface area contributed by atoms with Crippen molar-refractivity contribution in [1.29, 1.82) is 0 Å². The summed E-state index contributed by atoms with van der Waals surface area (Å²) in [6.45, 7) is 8.61. The first-order valence-corrected chi connectivity index (χ1v) is 6.46. The van der Waals surface area contributed by atoms with Gasteiger partial charge < -0.3 is 5.11 Å². The molecule has 0 spiro atoms. The summed E-state index contributed by atoms with van der Waals surface area (Å²) in [7, 11) is 0. The van der Waals surface area contributed by atoms with Gasteiger partial charge in [-0.15, -0.1) is 0 Å². The largest absolute Gasteiger partial charge is 0.480 e. The van der Waals surface area contributed by atoms with Crippen LogP contribution in [0.15, 0.2) is 24.3 Å². The molecule has 0 aromatic heterocycles. The average molecular weight is 249 g/mol. The molecular formula is C15H23NO2. The van der Waals surface area contributed by atoms with Gasteiger partial charge in [-0.05, 0) is 37.4 Å². The van der Waals surface area contributed by atoms with E-state index >= 15 is 0 Å². The molecule has 0 saturated heterocycles. The minimum absolute atomic E-state index is 0.465. The summed E-state index contributed by atoms with van der Waals surface area (Å²) in [5.41, 5.74) is 0.814. The molecule has 1 rings (SSSR count). The third-order valence-corrected chi connectivity index (χ3v) is 3.61. The summed E-state index contributed by atoms with van der Waals surface area (Å²) in [6.07, 6.45) is 1.04. The van der Waals surface area contributed by atoms with Crippen molar-refractivity contribution in [3.63, 3.8) is 0 Å². The van der Waals surface area contributed by atoms with Crippen molar-refractivity contribution in [2.75, 3.05) is 6.54 Å². The summed E-state index contributed by atoms with van der Waals surface area (Å²) < 4.78 is 0. The van der Waals surface area contributed by atoms with E-state index < -0.39 is 11.5 Å². The van der Waals surface area contributed by atoms with E-state index in [1.807, 2.05) is 31.2 Å². The van der Waals surface area contributed by atoms with Gasteiger partial charge in [0.2, 0.25) is 0 Å². The molecule has 3 nitrogen and oxygen atoms in total. The third kappa shape index (κ3) is 3.10. The minimum atomic E-state index is -1.02. The highest BCUT2D eigenvalue weighted by Gasteiger charge is 2.35. The van der Waals surface area contributed by atoms with Gasteiger partial charge in [-0.2, -0.15) is 0 Å². The Labute approximate surface area is 109 Å². The lowest BCUT2D eigenvalue weighted by molar-refractivity contribution is -0.144. The van der Waals surface area contributed by atoms with Crippen LogP contribution in [0.25, 0.3) is 0 Å². The van der Waals surface area contributed by atoms with Crippen LogP contribution < -0.4 is 5.32 Å². The summed E-state index contributed by atoms with van der Waals surface area (Å²) in [4.78, 5) is 11.6. The lowest BCUT2D eigenvalue weighted by Gasteiger charge is -2.29. The second kappa shape index (κ2) is 6.01. The van der Waals surface area contributed by atoms with Crippen molar-refractivity contribution >= 4 is 5.97 Å².